The molecule has 0 saturated heterocycles. The summed E-state index contributed by atoms with van der Waals surface area (Å²) in [6.45, 7) is 3.99. The van der Waals surface area contributed by atoms with Crippen LogP contribution in [0.15, 0.2) is 24.3 Å². The SMILES string of the molecule is CCC(C)c1ccccc1OC(F)C(=O)O. The number of aliphatic carboxylic acids is 1. The van der Waals surface area contributed by atoms with Crippen LogP contribution in [-0.4, -0.2) is 17.4 Å². The molecule has 2 atom stereocenters. The fourth-order valence-electron chi connectivity index (χ4n) is 1.38. The molecule has 1 rings (SSSR count). The van der Waals surface area contributed by atoms with Crippen LogP contribution in [0.2, 0.25) is 0 Å². The minimum Gasteiger partial charge on any atom is -0.476 e. The summed E-state index contributed by atoms with van der Waals surface area (Å²) in [5.41, 5.74) is 0.828. The molecule has 0 aliphatic heterocycles. The molecule has 16 heavy (non-hydrogen) atoms. The highest BCUT2D eigenvalue weighted by Crippen LogP contribution is 2.29. The lowest BCUT2D eigenvalue weighted by molar-refractivity contribution is -0.153. The maximum atomic E-state index is 12.9. The van der Waals surface area contributed by atoms with Gasteiger partial charge in [-0.2, -0.15) is 4.39 Å². The molecule has 3 nitrogen and oxygen atoms in total. The van der Waals surface area contributed by atoms with Crippen molar-refractivity contribution in [2.24, 2.45) is 0 Å². The largest absolute Gasteiger partial charge is 0.476 e. The molecule has 0 saturated carbocycles. The highest BCUT2D eigenvalue weighted by molar-refractivity contribution is 5.71. The predicted molar refractivity (Wildman–Crippen MR) is 58.3 cm³/mol. The number of rotatable bonds is 5. The van der Waals surface area contributed by atoms with E-state index in [0.717, 1.165) is 12.0 Å². The van der Waals surface area contributed by atoms with Crippen LogP contribution >= 0.6 is 0 Å². The summed E-state index contributed by atoms with van der Waals surface area (Å²) in [4.78, 5) is 10.4. The average molecular weight is 226 g/mol. The van der Waals surface area contributed by atoms with Crippen molar-refractivity contribution in [1.29, 1.82) is 0 Å². The summed E-state index contributed by atoms with van der Waals surface area (Å²) in [6, 6.07) is 6.91. The van der Waals surface area contributed by atoms with Crippen LogP contribution in [0.4, 0.5) is 4.39 Å². The van der Waals surface area contributed by atoms with Crippen molar-refractivity contribution in [3.8, 4) is 5.75 Å². The summed E-state index contributed by atoms with van der Waals surface area (Å²) in [6.07, 6.45) is -1.44. The Morgan fingerprint density at radius 2 is 2.12 bits per heavy atom. The number of benzene rings is 1. The van der Waals surface area contributed by atoms with Gasteiger partial charge in [0.2, 0.25) is 0 Å². The van der Waals surface area contributed by atoms with Gasteiger partial charge in [0.25, 0.3) is 0 Å². The van der Waals surface area contributed by atoms with Crippen LogP contribution in [0.5, 0.6) is 5.75 Å². The van der Waals surface area contributed by atoms with Gasteiger partial charge in [-0.3, -0.25) is 0 Å². The van der Waals surface area contributed by atoms with E-state index < -0.39 is 12.3 Å². The molecule has 88 valence electrons. The number of hydrogen-bond donors (Lipinski definition) is 1. The molecule has 4 heteroatoms. The second-order valence-electron chi connectivity index (χ2n) is 3.62. The highest BCUT2D eigenvalue weighted by Gasteiger charge is 2.19. The van der Waals surface area contributed by atoms with Crippen LogP contribution in [0.3, 0.4) is 0 Å². The molecule has 0 aliphatic carbocycles. The molecule has 0 heterocycles. The van der Waals surface area contributed by atoms with Crippen molar-refractivity contribution < 1.29 is 19.0 Å². The standard InChI is InChI=1S/C12H15FO3/c1-3-8(2)9-6-4-5-7-10(9)16-11(13)12(14)15/h4-8,11H,3H2,1-2H3,(H,14,15). The van der Waals surface area contributed by atoms with Gasteiger partial charge in [-0.05, 0) is 24.0 Å². The lowest BCUT2D eigenvalue weighted by atomic mass is 9.98. The first-order chi connectivity index (χ1) is 7.56. The fourth-order valence-corrected chi connectivity index (χ4v) is 1.38. The van der Waals surface area contributed by atoms with Crippen molar-refractivity contribution >= 4 is 5.97 Å². The van der Waals surface area contributed by atoms with E-state index in [0.29, 0.717) is 5.75 Å². The van der Waals surface area contributed by atoms with E-state index in [-0.39, 0.29) is 5.92 Å². The molecular formula is C12H15FO3. The molecule has 2 unspecified atom stereocenters. The molecule has 0 radical (unpaired) electrons. The van der Waals surface area contributed by atoms with Gasteiger partial charge < -0.3 is 9.84 Å². The molecule has 0 fully saturated rings. The highest BCUT2D eigenvalue weighted by atomic mass is 19.1. The first-order valence-electron chi connectivity index (χ1n) is 5.18. The Morgan fingerprint density at radius 1 is 1.50 bits per heavy atom. The van der Waals surface area contributed by atoms with Crippen molar-refractivity contribution in [2.45, 2.75) is 32.5 Å². The van der Waals surface area contributed by atoms with E-state index in [4.69, 9.17) is 9.84 Å². The lowest BCUT2D eigenvalue weighted by Crippen LogP contribution is -2.22. The maximum absolute atomic E-state index is 12.9. The van der Waals surface area contributed by atoms with Gasteiger partial charge >= 0.3 is 12.3 Å². The van der Waals surface area contributed by atoms with Crippen LogP contribution in [0, 0.1) is 0 Å². The van der Waals surface area contributed by atoms with Crippen molar-refractivity contribution in [2.75, 3.05) is 0 Å². The smallest absolute Gasteiger partial charge is 0.378 e. The minimum absolute atomic E-state index is 0.206. The molecule has 0 bridgehead atoms. The lowest BCUT2D eigenvalue weighted by Gasteiger charge is -2.15. The van der Waals surface area contributed by atoms with E-state index in [2.05, 4.69) is 0 Å². The third-order valence-electron chi connectivity index (χ3n) is 2.49. The second-order valence-corrected chi connectivity index (χ2v) is 3.62. The summed E-state index contributed by atoms with van der Waals surface area (Å²) >= 11 is 0. The van der Waals surface area contributed by atoms with E-state index in [1.54, 1.807) is 12.1 Å². The Hall–Kier alpha value is -1.58. The summed E-state index contributed by atoms with van der Waals surface area (Å²) < 4.78 is 17.7. The molecular weight excluding hydrogens is 211 g/mol. The van der Waals surface area contributed by atoms with Crippen LogP contribution in [0.25, 0.3) is 0 Å². The van der Waals surface area contributed by atoms with Crippen molar-refractivity contribution in [3.63, 3.8) is 0 Å². The van der Waals surface area contributed by atoms with Gasteiger partial charge in [0.05, 0.1) is 0 Å². The zero-order valence-corrected chi connectivity index (χ0v) is 9.31. The number of halogens is 1. The Bertz CT molecular complexity index is 365. The van der Waals surface area contributed by atoms with Gasteiger partial charge in [-0.25, -0.2) is 4.79 Å². The number of hydrogen-bond acceptors (Lipinski definition) is 2. The molecule has 1 N–H and O–H groups in total. The molecule has 1 aromatic rings. The third kappa shape index (κ3) is 2.95. The topological polar surface area (TPSA) is 46.5 Å². The third-order valence-corrected chi connectivity index (χ3v) is 2.49. The number of carbonyl (C=O) groups is 1. The predicted octanol–water partition coefficient (Wildman–Crippen LogP) is 2.96. The number of ether oxygens (including phenoxy) is 1. The number of para-hydroxylation sites is 1. The Morgan fingerprint density at radius 3 is 2.69 bits per heavy atom. The summed E-state index contributed by atoms with van der Waals surface area (Å²) in [5, 5.41) is 8.43. The second kappa shape index (κ2) is 5.49. The average Bonchev–Trinajstić information content (AvgIpc) is 2.28. The van der Waals surface area contributed by atoms with Gasteiger partial charge in [0, 0.05) is 0 Å². The van der Waals surface area contributed by atoms with Crippen molar-refractivity contribution in [3.05, 3.63) is 29.8 Å². The zero-order valence-electron chi connectivity index (χ0n) is 9.31. The normalized spacial score (nSPS) is 14.2. The molecule has 0 aromatic heterocycles. The van der Waals surface area contributed by atoms with Crippen LogP contribution < -0.4 is 4.74 Å². The molecule has 1 aromatic carbocycles. The quantitative estimate of drug-likeness (QED) is 0.839. The molecule has 0 aliphatic rings. The van der Waals surface area contributed by atoms with Gasteiger partial charge in [0.1, 0.15) is 5.75 Å². The van der Waals surface area contributed by atoms with E-state index >= 15 is 0 Å². The number of carboxylic acid groups (broad SMARTS) is 1. The Kier molecular flexibility index (Phi) is 4.28. The van der Waals surface area contributed by atoms with Crippen LogP contribution in [0.1, 0.15) is 31.7 Å². The number of alkyl halides is 1. The maximum Gasteiger partial charge on any atom is 0.378 e. The monoisotopic (exact) mass is 226 g/mol. The van der Waals surface area contributed by atoms with E-state index in [1.807, 2.05) is 26.0 Å². The van der Waals surface area contributed by atoms with Crippen molar-refractivity contribution in [1.82, 2.24) is 0 Å². The molecule has 0 spiro atoms. The fraction of sp³-hybridized carbons (Fsp3) is 0.417. The first-order valence-corrected chi connectivity index (χ1v) is 5.18. The van der Waals surface area contributed by atoms with E-state index in [1.165, 1.54) is 0 Å². The van der Waals surface area contributed by atoms with Gasteiger partial charge in [0.15, 0.2) is 0 Å². The van der Waals surface area contributed by atoms with Gasteiger partial charge in [-0.15, -0.1) is 0 Å². The minimum atomic E-state index is -2.31. The zero-order chi connectivity index (χ0) is 12.1. The number of carboxylic acids is 1. The Labute approximate surface area is 93.9 Å². The van der Waals surface area contributed by atoms with Crippen LogP contribution in [-0.2, 0) is 4.79 Å². The summed E-state index contributed by atoms with van der Waals surface area (Å²) in [5.74, 6) is -1.11. The summed E-state index contributed by atoms with van der Waals surface area (Å²) in [7, 11) is 0. The van der Waals surface area contributed by atoms with E-state index in [9.17, 15) is 9.18 Å². The first kappa shape index (κ1) is 12.5. The molecule has 0 amide bonds. The van der Waals surface area contributed by atoms with Gasteiger partial charge in [-0.1, -0.05) is 32.0 Å². The Balaban J connectivity index is 2.90.